The van der Waals surface area contributed by atoms with Crippen molar-refractivity contribution in [2.75, 3.05) is 6.54 Å². The SMILES string of the molecule is Cc1cc(C(C)N(CC(=O)O)C2CCCC2)c(C)o1. The van der Waals surface area contributed by atoms with E-state index in [0.717, 1.165) is 29.9 Å². The quantitative estimate of drug-likeness (QED) is 0.887. The molecule has 0 spiro atoms. The minimum atomic E-state index is -0.753. The summed E-state index contributed by atoms with van der Waals surface area (Å²) in [5.74, 6) is 1.04. The van der Waals surface area contributed by atoms with Crippen LogP contribution in [0.15, 0.2) is 10.5 Å². The molecule has 1 aliphatic carbocycles. The third kappa shape index (κ3) is 3.18. The summed E-state index contributed by atoms with van der Waals surface area (Å²) in [7, 11) is 0. The van der Waals surface area contributed by atoms with Gasteiger partial charge in [-0.25, -0.2) is 0 Å². The van der Waals surface area contributed by atoms with Crippen LogP contribution in [0.4, 0.5) is 0 Å². The zero-order chi connectivity index (χ0) is 14.0. The number of hydrogen-bond acceptors (Lipinski definition) is 3. The molecular weight excluding hydrogens is 242 g/mol. The monoisotopic (exact) mass is 265 g/mol. The van der Waals surface area contributed by atoms with E-state index < -0.39 is 5.97 Å². The number of carboxylic acids is 1. The van der Waals surface area contributed by atoms with Crippen LogP contribution in [0.25, 0.3) is 0 Å². The predicted molar refractivity (Wildman–Crippen MR) is 73.2 cm³/mol. The van der Waals surface area contributed by atoms with Gasteiger partial charge in [0.2, 0.25) is 0 Å². The minimum Gasteiger partial charge on any atom is -0.480 e. The first-order valence-corrected chi connectivity index (χ1v) is 7.03. The number of hydrogen-bond donors (Lipinski definition) is 1. The Balaban J connectivity index is 2.21. The Kier molecular flexibility index (Phi) is 4.30. The second kappa shape index (κ2) is 5.78. The van der Waals surface area contributed by atoms with E-state index in [0.29, 0.717) is 6.04 Å². The molecule has 1 fully saturated rings. The van der Waals surface area contributed by atoms with Crippen molar-refractivity contribution in [1.82, 2.24) is 4.90 Å². The molecule has 0 radical (unpaired) electrons. The highest BCUT2D eigenvalue weighted by Gasteiger charge is 2.30. The van der Waals surface area contributed by atoms with Crippen molar-refractivity contribution in [2.45, 2.75) is 58.5 Å². The van der Waals surface area contributed by atoms with Crippen molar-refractivity contribution < 1.29 is 14.3 Å². The Morgan fingerprint density at radius 1 is 1.47 bits per heavy atom. The van der Waals surface area contributed by atoms with E-state index in [9.17, 15) is 4.79 Å². The smallest absolute Gasteiger partial charge is 0.317 e. The zero-order valence-corrected chi connectivity index (χ0v) is 12.0. The van der Waals surface area contributed by atoms with Crippen LogP contribution in [0.3, 0.4) is 0 Å². The molecule has 1 aromatic rings. The highest BCUT2D eigenvalue weighted by Crippen LogP contribution is 2.33. The molecular formula is C15H23NO3. The maximum absolute atomic E-state index is 11.1. The summed E-state index contributed by atoms with van der Waals surface area (Å²) >= 11 is 0. The predicted octanol–water partition coefficient (Wildman–Crippen LogP) is 3.29. The number of carboxylic acid groups (broad SMARTS) is 1. The molecule has 1 aliphatic rings. The fourth-order valence-electron chi connectivity index (χ4n) is 3.22. The molecule has 0 bridgehead atoms. The third-order valence-electron chi connectivity index (χ3n) is 4.14. The van der Waals surface area contributed by atoms with E-state index in [2.05, 4.69) is 11.8 Å². The van der Waals surface area contributed by atoms with Gasteiger partial charge in [0.05, 0.1) is 6.54 Å². The molecule has 4 nitrogen and oxygen atoms in total. The molecule has 0 aromatic carbocycles. The normalized spacial score (nSPS) is 18.1. The van der Waals surface area contributed by atoms with E-state index in [-0.39, 0.29) is 12.6 Å². The molecule has 0 amide bonds. The van der Waals surface area contributed by atoms with Crippen LogP contribution in [-0.2, 0) is 4.79 Å². The van der Waals surface area contributed by atoms with Crippen LogP contribution in [-0.4, -0.2) is 28.6 Å². The molecule has 19 heavy (non-hydrogen) atoms. The highest BCUT2D eigenvalue weighted by molar-refractivity contribution is 5.69. The van der Waals surface area contributed by atoms with Gasteiger partial charge in [-0.05, 0) is 39.7 Å². The number of aryl methyl sites for hydroxylation is 2. The van der Waals surface area contributed by atoms with Gasteiger partial charge in [-0.1, -0.05) is 12.8 Å². The molecule has 1 N–H and O–H groups in total. The van der Waals surface area contributed by atoms with Gasteiger partial charge in [0.1, 0.15) is 11.5 Å². The van der Waals surface area contributed by atoms with Gasteiger partial charge in [-0.15, -0.1) is 0 Å². The van der Waals surface area contributed by atoms with Crippen molar-refractivity contribution in [3.05, 3.63) is 23.2 Å². The molecule has 4 heteroatoms. The summed E-state index contributed by atoms with van der Waals surface area (Å²) < 4.78 is 5.58. The molecule has 0 saturated heterocycles. The van der Waals surface area contributed by atoms with Gasteiger partial charge in [0.15, 0.2) is 0 Å². The van der Waals surface area contributed by atoms with Crippen molar-refractivity contribution in [3.63, 3.8) is 0 Å². The lowest BCUT2D eigenvalue weighted by Crippen LogP contribution is -2.39. The minimum absolute atomic E-state index is 0.0941. The van der Waals surface area contributed by atoms with Gasteiger partial charge in [-0.3, -0.25) is 9.69 Å². The van der Waals surface area contributed by atoms with Gasteiger partial charge >= 0.3 is 5.97 Å². The number of rotatable bonds is 5. The second-order valence-corrected chi connectivity index (χ2v) is 5.55. The van der Waals surface area contributed by atoms with E-state index in [1.807, 2.05) is 19.9 Å². The molecule has 2 rings (SSSR count). The van der Waals surface area contributed by atoms with Crippen LogP contribution in [0, 0.1) is 13.8 Å². The summed E-state index contributed by atoms with van der Waals surface area (Å²) in [6, 6.07) is 2.52. The van der Waals surface area contributed by atoms with Crippen LogP contribution in [0.5, 0.6) is 0 Å². The summed E-state index contributed by atoms with van der Waals surface area (Å²) in [4.78, 5) is 13.2. The van der Waals surface area contributed by atoms with Crippen LogP contribution < -0.4 is 0 Å². The summed E-state index contributed by atoms with van der Waals surface area (Å²) in [6.45, 7) is 6.07. The average molecular weight is 265 g/mol. The standard InChI is InChI=1S/C15H23NO3/c1-10-8-14(12(3)19-10)11(2)16(9-15(17)18)13-6-4-5-7-13/h8,11,13H,4-7,9H2,1-3H3,(H,17,18). The Bertz CT molecular complexity index is 446. The molecule has 1 atom stereocenters. The summed E-state index contributed by atoms with van der Waals surface area (Å²) in [5, 5.41) is 9.15. The number of furan rings is 1. The molecule has 106 valence electrons. The van der Waals surface area contributed by atoms with E-state index in [4.69, 9.17) is 9.52 Å². The number of nitrogens with zero attached hydrogens (tertiary/aromatic N) is 1. The second-order valence-electron chi connectivity index (χ2n) is 5.55. The molecule has 0 aliphatic heterocycles. The Hall–Kier alpha value is -1.29. The van der Waals surface area contributed by atoms with Crippen molar-refractivity contribution in [2.24, 2.45) is 0 Å². The largest absolute Gasteiger partial charge is 0.480 e. The molecule has 1 saturated carbocycles. The topological polar surface area (TPSA) is 53.7 Å². The zero-order valence-electron chi connectivity index (χ0n) is 12.0. The highest BCUT2D eigenvalue weighted by atomic mass is 16.4. The average Bonchev–Trinajstić information content (AvgIpc) is 2.94. The summed E-state index contributed by atoms with van der Waals surface area (Å²) in [5.41, 5.74) is 1.12. The van der Waals surface area contributed by atoms with E-state index >= 15 is 0 Å². The Morgan fingerprint density at radius 2 is 2.11 bits per heavy atom. The van der Waals surface area contributed by atoms with Gasteiger partial charge in [0.25, 0.3) is 0 Å². The Morgan fingerprint density at radius 3 is 2.58 bits per heavy atom. The van der Waals surface area contributed by atoms with E-state index in [1.165, 1.54) is 12.8 Å². The van der Waals surface area contributed by atoms with Gasteiger partial charge in [0, 0.05) is 17.6 Å². The van der Waals surface area contributed by atoms with Gasteiger partial charge in [-0.2, -0.15) is 0 Å². The first-order chi connectivity index (χ1) is 8.99. The molecule has 1 heterocycles. The Labute approximate surface area is 114 Å². The van der Waals surface area contributed by atoms with Crippen molar-refractivity contribution >= 4 is 5.97 Å². The lowest BCUT2D eigenvalue weighted by atomic mass is 10.0. The molecule has 1 aromatic heterocycles. The maximum Gasteiger partial charge on any atom is 0.317 e. The van der Waals surface area contributed by atoms with Crippen LogP contribution >= 0.6 is 0 Å². The summed E-state index contributed by atoms with van der Waals surface area (Å²) in [6.07, 6.45) is 4.62. The number of carbonyl (C=O) groups is 1. The van der Waals surface area contributed by atoms with Crippen LogP contribution in [0.2, 0.25) is 0 Å². The van der Waals surface area contributed by atoms with Gasteiger partial charge < -0.3 is 9.52 Å². The maximum atomic E-state index is 11.1. The number of aliphatic carboxylic acids is 1. The first-order valence-electron chi connectivity index (χ1n) is 7.03. The third-order valence-corrected chi connectivity index (χ3v) is 4.14. The fourth-order valence-corrected chi connectivity index (χ4v) is 3.22. The first kappa shape index (κ1) is 14.1. The fraction of sp³-hybridized carbons (Fsp3) is 0.667. The van der Waals surface area contributed by atoms with Crippen LogP contribution in [0.1, 0.15) is 55.7 Å². The molecule has 1 unspecified atom stereocenters. The van der Waals surface area contributed by atoms with Crippen molar-refractivity contribution in [3.8, 4) is 0 Å². The van der Waals surface area contributed by atoms with Crippen molar-refractivity contribution in [1.29, 1.82) is 0 Å². The van der Waals surface area contributed by atoms with E-state index in [1.54, 1.807) is 0 Å². The lowest BCUT2D eigenvalue weighted by molar-refractivity contribution is -0.139. The lowest BCUT2D eigenvalue weighted by Gasteiger charge is -2.33.